The third-order valence-corrected chi connectivity index (χ3v) is 7.96. The van der Waals surface area contributed by atoms with Gasteiger partial charge >= 0.3 is 0 Å². The van der Waals surface area contributed by atoms with Crippen LogP contribution in [0.3, 0.4) is 0 Å². The van der Waals surface area contributed by atoms with Gasteiger partial charge < -0.3 is 9.47 Å². The molecule has 1 N–H and O–H groups in total. The van der Waals surface area contributed by atoms with Crippen LogP contribution in [-0.4, -0.2) is 31.5 Å². The first-order chi connectivity index (χ1) is 19.4. The van der Waals surface area contributed by atoms with Crippen LogP contribution in [0.1, 0.15) is 23.7 Å². The summed E-state index contributed by atoms with van der Waals surface area (Å²) < 4.78 is 41.8. The Morgan fingerprint density at radius 3 is 2.42 bits per heavy atom. The number of ether oxygens (including phenoxy) is 2. The van der Waals surface area contributed by atoms with Gasteiger partial charge in [0.25, 0.3) is 0 Å². The zero-order chi connectivity index (χ0) is 28.1. The third kappa shape index (κ3) is 5.69. The summed E-state index contributed by atoms with van der Waals surface area (Å²) in [4.78, 5) is 4.82. The quantitative estimate of drug-likeness (QED) is 0.236. The fourth-order valence-electron chi connectivity index (χ4n) is 4.51. The molecule has 40 heavy (non-hydrogen) atoms. The second kappa shape index (κ2) is 11.6. The summed E-state index contributed by atoms with van der Waals surface area (Å²) in [7, 11) is -2.13. The first-order valence-corrected chi connectivity index (χ1v) is 14.3. The first kappa shape index (κ1) is 26.9. The fourth-order valence-corrected chi connectivity index (χ4v) is 5.57. The molecule has 2 heterocycles. The minimum atomic E-state index is -3.73. The van der Waals surface area contributed by atoms with Crippen LogP contribution in [0, 0.1) is 11.3 Å². The van der Waals surface area contributed by atoms with Crippen molar-refractivity contribution < 1.29 is 17.9 Å². The number of hydrogen-bond acceptors (Lipinski definition) is 6. The van der Waals surface area contributed by atoms with Gasteiger partial charge in [-0.1, -0.05) is 37.3 Å². The molecule has 0 aliphatic heterocycles. The molecule has 5 rings (SSSR count). The van der Waals surface area contributed by atoms with Gasteiger partial charge in [-0.05, 0) is 66.9 Å². The molecule has 0 fully saturated rings. The molecule has 0 saturated heterocycles. The Hall–Kier alpha value is -4.65. The van der Waals surface area contributed by atoms with Gasteiger partial charge in [0.2, 0.25) is 10.0 Å². The van der Waals surface area contributed by atoms with Crippen LogP contribution in [-0.2, 0) is 22.9 Å². The second-order valence-electron chi connectivity index (χ2n) is 9.09. The third-order valence-electron chi connectivity index (χ3n) is 6.50. The van der Waals surface area contributed by atoms with E-state index in [0.29, 0.717) is 35.6 Å². The number of imidazole rings is 1. The van der Waals surface area contributed by atoms with Crippen LogP contribution in [0.25, 0.3) is 16.9 Å². The highest BCUT2D eigenvalue weighted by atomic mass is 32.2. The summed E-state index contributed by atoms with van der Waals surface area (Å²) in [6.07, 6.45) is 3.13. The van der Waals surface area contributed by atoms with Crippen molar-refractivity contribution in [1.29, 1.82) is 5.26 Å². The van der Waals surface area contributed by atoms with Crippen molar-refractivity contribution in [1.82, 2.24) is 14.1 Å². The summed E-state index contributed by atoms with van der Waals surface area (Å²) in [5.41, 5.74) is 4.75. The van der Waals surface area contributed by atoms with E-state index in [1.807, 2.05) is 72.1 Å². The Morgan fingerprint density at radius 1 is 0.950 bits per heavy atom. The van der Waals surface area contributed by atoms with Crippen molar-refractivity contribution >= 4 is 15.7 Å². The number of hydrogen-bond donors (Lipinski definition) is 1. The molecule has 3 aromatic carbocycles. The molecule has 2 aromatic heterocycles. The van der Waals surface area contributed by atoms with Crippen molar-refractivity contribution in [2.75, 3.05) is 13.7 Å². The number of nitrogens with zero attached hydrogens (tertiary/aromatic N) is 3. The van der Waals surface area contributed by atoms with Crippen LogP contribution in [0.2, 0.25) is 0 Å². The first-order valence-electron chi connectivity index (χ1n) is 12.8. The van der Waals surface area contributed by atoms with Gasteiger partial charge in [-0.2, -0.15) is 5.26 Å². The van der Waals surface area contributed by atoms with E-state index in [-0.39, 0.29) is 11.4 Å². The Kier molecular flexibility index (Phi) is 7.82. The van der Waals surface area contributed by atoms with Crippen LogP contribution < -0.4 is 14.2 Å². The minimum Gasteiger partial charge on any atom is -0.497 e. The van der Waals surface area contributed by atoms with E-state index in [1.165, 1.54) is 12.1 Å². The van der Waals surface area contributed by atoms with E-state index in [2.05, 4.69) is 10.8 Å². The number of methoxy groups -OCH3 is 1. The van der Waals surface area contributed by atoms with Crippen molar-refractivity contribution in [2.24, 2.45) is 0 Å². The average molecular weight is 553 g/mol. The second-order valence-corrected chi connectivity index (χ2v) is 10.9. The van der Waals surface area contributed by atoms with Crippen molar-refractivity contribution in [3.05, 3.63) is 108 Å². The normalized spacial score (nSPS) is 11.3. The molecule has 8 nitrogen and oxygen atoms in total. The highest BCUT2D eigenvalue weighted by Gasteiger charge is 2.17. The Morgan fingerprint density at radius 2 is 1.70 bits per heavy atom. The van der Waals surface area contributed by atoms with Gasteiger partial charge in [0.1, 0.15) is 23.3 Å². The fraction of sp³-hybridized carbons (Fsp3) is 0.161. The summed E-state index contributed by atoms with van der Waals surface area (Å²) in [6, 6.07) is 27.3. The number of benzene rings is 3. The van der Waals surface area contributed by atoms with E-state index in [1.54, 1.807) is 25.3 Å². The van der Waals surface area contributed by atoms with Crippen molar-refractivity contribution in [3.8, 4) is 34.6 Å². The lowest BCUT2D eigenvalue weighted by Gasteiger charge is -2.11. The van der Waals surface area contributed by atoms with Crippen molar-refractivity contribution in [3.63, 3.8) is 0 Å². The molecule has 5 aromatic rings. The Labute approximate surface area is 233 Å². The van der Waals surface area contributed by atoms with Gasteiger partial charge in [-0.15, -0.1) is 0 Å². The van der Waals surface area contributed by atoms with E-state index in [4.69, 9.17) is 14.5 Å². The molecule has 0 atom stereocenters. The monoisotopic (exact) mass is 552 g/mol. The van der Waals surface area contributed by atoms with Crippen molar-refractivity contribution in [2.45, 2.75) is 24.7 Å². The zero-order valence-corrected chi connectivity index (χ0v) is 23.0. The van der Waals surface area contributed by atoms with E-state index in [9.17, 15) is 13.7 Å². The summed E-state index contributed by atoms with van der Waals surface area (Å²) >= 11 is 0. The van der Waals surface area contributed by atoms with Crippen LogP contribution >= 0.6 is 0 Å². The Balaban J connectivity index is 1.34. The van der Waals surface area contributed by atoms with E-state index in [0.717, 1.165) is 28.3 Å². The number of rotatable bonds is 10. The molecule has 202 valence electrons. The highest BCUT2D eigenvalue weighted by molar-refractivity contribution is 7.89. The number of aryl methyl sites for hydroxylation is 1. The molecule has 0 radical (unpaired) electrons. The number of nitriles is 1. The molecule has 0 aliphatic carbocycles. The number of fused-ring (bicyclic) bond motifs is 1. The largest absolute Gasteiger partial charge is 0.497 e. The molecule has 0 saturated carbocycles. The molecule has 0 bridgehead atoms. The number of sulfonamides is 1. The summed E-state index contributed by atoms with van der Waals surface area (Å²) in [5, 5.41) is 9.51. The minimum absolute atomic E-state index is 0.120. The lowest BCUT2D eigenvalue weighted by Crippen LogP contribution is -2.26. The lowest BCUT2D eigenvalue weighted by molar-refractivity contribution is 0.414. The molecular formula is C31H28N4O4S. The lowest BCUT2D eigenvalue weighted by atomic mass is 10.1. The number of nitrogens with one attached hydrogen (secondary N) is 1. The molecule has 0 amide bonds. The smallest absolute Gasteiger partial charge is 0.240 e. The van der Waals surface area contributed by atoms with Gasteiger partial charge in [-0.25, -0.2) is 18.1 Å². The predicted octanol–water partition coefficient (Wildman–Crippen LogP) is 5.76. The van der Waals surface area contributed by atoms with Gasteiger partial charge in [0.15, 0.2) is 5.65 Å². The number of pyridine rings is 1. The topological polar surface area (TPSA) is 106 Å². The predicted molar refractivity (Wildman–Crippen MR) is 153 cm³/mol. The molecule has 0 spiro atoms. The molecule has 0 unspecified atom stereocenters. The van der Waals surface area contributed by atoms with Crippen LogP contribution in [0.15, 0.2) is 96.0 Å². The van der Waals surface area contributed by atoms with Crippen LogP contribution in [0.5, 0.6) is 17.2 Å². The van der Waals surface area contributed by atoms with Gasteiger partial charge in [0.05, 0.1) is 29.0 Å². The maximum Gasteiger partial charge on any atom is 0.240 e. The van der Waals surface area contributed by atoms with E-state index >= 15 is 0 Å². The molecular weight excluding hydrogens is 524 g/mol. The Bertz CT molecular complexity index is 1810. The maximum absolute atomic E-state index is 13.0. The van der Waals surface area contributed by atoms with E-state index < -0.39 is 10.0 Å². The zero-order valence-electron chi connectivity index (χ0n) is 22.2. The molecule has 0 aliphatic rings. The van der Waals surface area contributed by atoms with Crippen LogP contribution in [0.4, 0.5) is 0 Å². The summed E-state index contributed by atoms with van der Waals surface area (Å²) in [6.45, 7) is 2.28. The summed E-state index contributed by atoms with van der Waals surface area (Å²) in [5.74, 6) is 1.70. The molecule has 9 heteroatoms. The number of aromatic nitrogens is 2. The van der Waals surface area contributed by atoms with Gasteiger partial charge in [-0.3, -0.25) is 4.40 Å². The SMILES string of the molecule is CCc1nc2c(C#N)cccn2c1-c1cccc(Oc2cccc(S(=O)(=O)NCCc3ccc(OC)cc3)c2)c1. The highest BCUT2D eigenvalue weighted by Crippen LogP contribution is 2.32. The average Bonchev–Trinajstić information content (AvgIpc) is 3.37. The standard InChI is InChI=1S/C31H28N4O4S/c1-3-29-30(35-18-6-8-24(21-32)31(35)34-29)23-7-4-9-26(19-23)39-27-10-5-11-28(20-27)40(36,37)33-17-16-22-12-14-25(38-2)15-13-22/h4-15,18-20,33H,3,16-17H2,1-2H3. The van der Waals surface area contributed by atoms with Gasteiger partial charge in [0, 0.05) is 24.4 Å². The maximum atomic E-state index is 13.0.